The van der Waals surface area contributed by atoms with E-state index in [1.165, 1.54) is 31.4 Å². The van der Waals surface area contributed by atoms with Crippen LogP contribution >= 0.6 is 0 Å². The Morgan fingerprint density at radius 3 is 2.60 bits per heavy atom. The zero-order valence-corrected chi connectivity index (χ0v) is 20.3. The van der Waals surface area contributed by atoms with Crippen molar-refractivity contribution in [2.45, 2.75) is 51.6 Å². The van der Waals surface area contributed by atoms with Crippen molar-refractivity contribution >= 4 is 22.7 Å². The van der Waals surface area contributed by atoms with Gasteiger partial charge in [-0.2, -0.15) is 0 Å². The molecule has 0 aliphatic carbocycles. The minimum Gasteiger partial charge on any atom is -0.482 e. The molecule has 0 bridgehead atoms. The zero-order chi connectivity index (χ0) is 24.6. The summed E-state index contributed by atoms with van der Waals surface area (Å²) in [6.07, 6.45) is 4.80. The number of furan rings is 1. The third-order valence-electron chi connectivity index (χ3n) is 7.21. The number of carbonyl (C=O) groups excluding carboxylic acids is 2. The summed E-state index contributed by atoms with van der Waals surface area (Å²) in [5.41, 5.74) is 1.38. The maximum atomic E-state index is 13.4. The van der Waals surface area contributed by atoms with Crippen LogP contribution in [0.15, 0.2) is 40.8 Å². The second-order valence-corrected chi connectivity index (χ2v) is 9.82. The largest absolute Gasteiger partial charge is 0.482 e. The Hall–Kier alpha value is -3.19. The highest BCUT2D eigenvalue weighted by Crippen LogP contribution is 2.44. The van der Waals surface area contributed by atoms with E-state index in [2.05, 4.69) is 10.2 Å². The first-order chi connectivity index (χ1) is 16.9. The second kappa shape index (κ2) is 9.46. The summed E-state index contributed by atoms with van der Waals surface area (Å²) in [5, 5.41) is 3.58. The number of benzene rings is 2. The van der Waals surface area contributed by atoms with Crippen LogP contribution in [0, 0.1) is 12.7 Å². The molecule has 0 unspecified atom stereocenters. The van der Waals surface area contributed by atoms with Crippen LogP contribution in [0.25, 0.3) is 11.0 Å². The van der Waals surface area contributed by atoms with Crippen molar-refractivity contribution in [3.63, 3.8) is 0 Å². The summed E-state index contributed by atoms with van der Waals surface area (Å²) >= 11 is 0. The van der Waals surface area contributed by atoms with E-state index < -0.39 is 5.60 Å². The molecule has 1 amide bonds. The lowest BCUT2D eigenvalue weighted by Gasteiger charge is -2.35. The van der Waals surface area contributed by atoms with Crippen molar-refractivity contribution in [1.29, 1.82) is 0 Å². The van der Waals surface area contributed by atoms with Gasteiger partial charge < -0.3 is 19.4 Å². The summed E-state index contributed by atoms with van der Waals surface area (Å²) in [4.78, 5) is 28.7. The maximum absolute atomic E-state index is 13.4. The van der Waals surface area contributed by atoms with Crippen molar-refractivity contribution in [3.8, 4) is 5.75 Å². The first kappa shape index (κ1) is 23.5. The lowest BCUT2D eigenvalue weighted by Crippen LogP contribution is -2.36. The molecule has 1 N–H and O–H groups in total. The first-order valence-electron chi connectivity index (χ1n) is 12.4. The Morgan fingerprint density at radius 1 is 1.11 bits per heavy atom. The number of aryl methyl sites for hydroxylation is 1. The summed E-state index contributed by atoms with van der Waals surface area (Å²) in [6, 6.07) is 9.46. The molecule has 2 aromatic carbocycles. The van der Waals surface area contributed by atoms with Gasteiger partial charge in [0.2, 0.25) is 0 Å². The molecular formula is C28H31FN2O4. The van der Waals surface area contributed by atoms with Gasteiger partial charge in [0.05, 0.1) is 12.0 Å². The van der Waals surface area contributed by atoms with Gasteiger partial charge in [0.15, 0.2) is 11.5 Å². The number of halogens is 1. The zero-order valence-electron chi connectivity index (χ0n) is 20.3. The van der Waals surface area contributed by atoms with Gasteiger partial charge in [-0.05, 0) is 82.6 Å². The molecule has 0 saturated carbocycles. The fourth-order valence-electron chi connectivity index (χ4n) is 5.31. The standard InChI is InChI=1S/C28H31FN2O4/c1-18-24-22(34-26(18)27(33)30-13-6-16-31-14-4-3-5-15-31)11-12-23-25(24)21(32)17-28(2,35-23)19-7-9-20(29)10-8-19/h7-12H,3-6,13-17H2,1-2H3,(H,30,33)/t28-/m0/s1. The van der Waals surface area contributed by atoms with Crippen molar-refractivity contribution in [3.05, 3.63) is 64.7 Å². The van der Waals surface area contributed by atoms with Crippen LogP contribution < -0.4 is 10.1 Å². The van der Waals surface area contributed by atoms with Crippen molar-refractivity contribution in [1.82, 2.24) is 10.2 Å². The number of piperidine rings is 1. The smallest absolute Gasteiger partial charge is 0.287 e. The van der Waals surface area contributed by atoms with E-state index in [0.717, 1.165) is 31.6 Å². The highest BCUT2D eigenvalue weighted by Gasteiger charge is 2.40. The first-order valence-corrected chi connectivity index (χ1v) is 12.4. The molecule has 2 aliphatic heterocycles. The molecule has 5 rings (SSSR count). The van der Waals surface area contributed by atoms with Gasteiger partial charge >= 0.3 is 0 Å². The average molecular weight is 479 g/mol. The van der Waals surface area contributed by atoms with Crippen LogP contribution in [0.1, 0.15) is 71.1 Å². The van der Waals surface area contributed by atoms with Crippen LogP contribution in [0.4, 0.5) is 4.39 Å². The Balaban J connectivity index is 1.34. The molecule has 1 saturated heterocycles. The van der Waals surface area contributed by atoms with Crippen molar-refractivity contribution in [2.75, 3.05) is 26.2 Å². The Bertz CT molecular complexity index is 1260. The van der Waals surface area contributed by atoms with E-state index in [0.29, 0.717) is 34.4 Å². The lowest BCUT2D eigenvalue weighted by molar-refractivity contribution is 0.0507. The summed E-state index contributed by atoms with van der Waals surface area (Å²) in [6.45, 7) is 7.45. The number of nitrogens with one attached hydrogen (secondary N) is 1. The molecule has 2 aliphatic rings. The van der Waals surface area contributed by atoms with Gasteiger partial charge in [-0.1, -0.05) is 18.6 Å². The summed E-state index contributed by atoms with van der Waals surface area (Å²) in [7, 11) is 0. The van der Waals surface area contributed by atoms with E-state index in [1.54, 1.807) is 31.2 Å². The van der Waals surface area contributed by atoms with Crippen LogP contribution in [-0.2, 0) is 5.60 Å². The maximum Gasteiger partial charge on any atom is 0.287 e. The Morgan fingerprint density at radius 2 is 1.86 bits per heavy atom. The third kappa shape index (κ3) is 4.57. The number of fused-ring (bicyclic) bond motifs is 3. The van der Waals surface area contributed by atoms with Gasteiger partial charge in [0.25, 0.3) is 5.91 Å². The number of hydrogen-bond acceptors (Lipinski definition) is 5. The molecule has 1 atom stereocenters. The number of ketones is 1. The number of amides is 1. The Labute approximate surface area is 204 Å². The van der Waals surface area contributed by atoms with E-state index in [4.69, 9.17) is 9.15 Å². The van der Waals surface area contributed by atoms with Gasteiger partial charge in [-0.3, -0.25) is 9.59 Å². The van der Waals surface area contributed by atoms with E-state index >= 15 is 0 Å². The molecule has 1 aromatic heterocycles. The fourth-order valence-corrected chi connectivity index (χ4v) is 5.31. The number of Topliss-reactive ketones (excluding diaryl/α,β-unsaturated/α-hetero) is 1. The SMILES string of the molecule is Cc1c(C(=O)NCCCN2CCCCC2)oc2ccc3c(c12)C(=O)C[C@@](C)(c1ccc(F)cc1)O3. The number of likely N-dealkylation sites (tertiary alicyclic amines) is 1. The van der Waals surface area contributed by atoms with Gasteiger partial charge in [-0.15, -0.1) is 0 Å². The van der Waals surface area contributed by atoms with Gasteiger partial charge in [0, 0.05) is 17.5 Å². The Kier molecular flexibility index (Phi) is 6.36. The molecule has 6 nitrogen and oxygen atoms in total. The van der Waals surface area contributed by atoms with Crippen LogP contribution in [0.3, 0.4) is 0 Å². The molecule has 7 heteroatoms. The average Bonchev–Trinajstić information content (AvgIpc) is 3.19. The highest BCUT2D eigenvalue weighted by molar-refractivity contribution is 6.13. The molecule has 3 heterocycles. The fraction of sp³-hybridized carbons (Fsp3) is 0.429. The van der Waals surface area contributed by atoms with Crippen molar-refractivity contribution in [2.24, 2.45) is 0 Å². The number of ether oxygens (including phenoxy) is 1. The molecule has 0 spiro atoms. The minimum atomic E-state index is -0.905. The van der Waals surface area contributed by atoms with Crippen LogP contribution in [0.5, 0.6) is 5.75 Å². The summed E-state index contributed by atoms with van der Waals surface area (Å²) < 4.78 is 25.6. The number of carbonyl (C=O) groups is 2. The van der Waals surface area contributed by atoms with E-state index in [-0.39, 0.29) is 29.7 Å². The topological polar surface area (TPSA) is 71.8 Å². The number of rotatable bonds is 6. The summed E-state index contributed by atoms with van der Waals surface area (Å²) in [5.74, 6) is -0.0376. The molecular weight excluding hydrogens is 447 g/mol. The highest BCUT2D eigenvalue weighted by atomic mass is 19.1. The molecule has 0 radical (unpaired) electrons. The predicted octanol–water partition coefficient (Wildman–Crippen LogP) is 5.37. The molecule has 1 fully saturated rings. The molecule has 184 valence electrons. The molecule has 3 aromatic rings. The monoisotopic (exact) mass is 478 g/mol. The number of hydrogen-bond donors (Lipinski definition) is 1. The van der Waals surface area contributed by atoms with Gasteiger partial charge in [-0.25, -0.2) is 4.39 Å². The van der Waals surface area contributed by atoms with Crippen LogP contribution in [-0.4, -0.2) is 42.8 Å². The van der Waals surface area contributed by atoms with E-state index in [1.807, 2.05) is 6.92 Å². The normalized spacial score (nSPS) is 20.5. The van der Waals surface area contributed by atoms with Crippen molar-refractivity contribution < 1.29 is 23.1 Å². The lowest BCUT2D eigenvalue weighted by atomic mass is 9.84. The second-order valence-electron chi connectivity index (χ2n) is 9.82. The molecule has 35 heavy (non-hydrogen) atoms. The minimum absolute atomic E-state index is 0.0962. The van der Waals surface area contributed by atoms with Crippen LogP contribution in [0.2, 0.25) is 0 Å². The van der Waals surface area contributed by atoms with E-state index in [9.17, 15) is 14.0 Å². The predicted molar refractivity (Wildman–Crippen MR) is 132 cm³/mol. The third-order valence-corrected chi connectivity index (χ3v) is 7.21. The quantitative estimate of drug-likeness (QED) is 0.483. The van der Waals surface area contributed by atoms with Gasteiger partial charge in [0.1, 0.15) is 22.8 Å². The number of nitrogens with zero attached hydrogens (tertiary/aromatic N) is 1.